The molecule has 2 N–H and O–H groups in total. The smallest absolute Gasteiger partial charge is 0.225 e. The van der Waals surface area contributed by atoms with E-state index in [2.05, 4.69) is 32.7 Å². The van der Waals surface area contributed by atoms with Gasteiger partial charge in [-0.15, -0.1) is 0 Å². The van der Waals surface area contributed by atoms with Gasteiger partial charge < -0.3 is 20.1 Å². The lowest BCUT2D eigenvalue weighted by atomic mass is 10.2. The molecule has 6 nitrogen and oxygen atoms in total. The first-order valence-electron chi connectivity index (χ1n) is 8.30. The van der Waals surface area contributed by atoms with E-state index in [1.54, 1.807) is 14.2 Å². The number of hydrogen-bond acceptors (Lipinski definition) is 6. The van der Waals surface area contributed by atoms with Gasteiger partial charge in [-0.05, 0) is 24.6 Å². The fourth-order valence-electron chi connectivity index (χ4n) is 2.53. The Balaban J connectivity index is 1.77. The molecule has 26 heavy (non-hydrogen) atoms. The maximum atomic E-state index is 5.42. The summed E-state index contributed by atoms with van der Waals surface area (Å²) in [6.07, 6.45) is 0. The molecule has 0 aliphatic carbocycles. The third kappa shape index (κ3) is 4.42. The molecule has 0 aliphatic heterocycles. The number of aryl methyl sites for hydroxylation is 1. The second-order valence-electron chi connectivity index (χ2n) is 5.75. The van der Waals surface area contributed by atoms with Gasteiger partial charge >= 0.3 is 0 Å². The highest BCUT2D eigenvalue weighted by molar-refractivity contribution is 5.66. The van der Waals surface area contributed by atoms with Crippen LogP contribution in [0.3, 0.4) is 0 Å². The van der Waals surface area contributed by atoms with Crippen molar-refractivity contribution in [1.82, 2.24) is 9.97 Å². The summed E-state index contributed by atoms with van der Waals surface area (Å²) in [4.78, 5) is 8.99. The van der Waals surface area contributed by atoms with Crippen molar-refractivity contribution >= 4 is 17.5 Å². The molecular weight excluding hydrogens is 328 g/mol. The standard InChI is InChI=1S/C20H22N4O2/c1-14-11-19(23-17-10-9-16(25-2)12-18(17)26-3)24-20(22-14)21-13-15-7-5-4-6-8-15/h4-12H,13H2,1-3H3,(H2,21,22,23,24). The van der Waals surface area contributed by atoms with Gasteiger partial charge in [0.15, 0.2) is 0 Å². The fraction of sp³-hybridized carbons (Fsp3) is 0.200. The molecule has 6 heteroatoms. The Bertz CT molecular complexity index is 869. The third-order valence-electron chi connectivity index (χ3n) is 3.82. The maximum absolute atomic E-state index is 5.42. The molecule has 0 radical (unpaired) electrons. The highest BCUT2D eigenvalue weighted by atomic mass is 16.5. The number of hydrogen-bond donors (Lipinski definition) is 2. The molecule has 0 saturated heterocycles. The lowest BCUT2D eigenvalue weighted by Gasteiger charge is -2.13. The summed E-state index contributed by atoms with van der Waals surface area (Å²) >= 11 is 0. The van der Waals surface area contributed by atoms with Gasteiger partial charge in [-0.1, -0.05) is 30.3 Å². The van der Waals surface area contributed by atoms with E-state index in [4.69, 9.17) is 9.47 Å². The van der Waals surface area contributed by atoms with Crippen molar-refractivity contribution in [2.75, 3.05) is 24.9 Å². The summed E-state index contributed by atoms with van der Waals surface area (Å²) in [5, 5.41) is 6.54. The Morgan fingerprint density at radius 1 is 0.923 bits per heavy atom. The fourth-order valence-corrected chi connectivity index (χ4v) is 2.53. The number of aromatic nitrogens is 2. The molecule has 0 atom stereocenters. The van der Waals surface area contributed by atoms with Crippen LogP contribution in [0, 0.1) is 6.92 Å². The first-order valence-corrected chi connectivity index (χ1v) is 8.30. The number of ether oxygens (including phenoxy) is 2. The zero-order chi connectivity index (χ0) is 18.4. The number of rotatable bonds is 7. The average Bonchev–Trinajstić information content (AvgIpc) is 2.67. The van der Waals surface area contributed by atoms with Crippen LogP contribution in [0.4, 0.5) is 17.5 Å². The summed E-state index contributed by atoms with van der Waals surface area (Å²) in [7, 11) is 3.25. The van der Waals surface area contributed by atoms with Gasteiger partial charge in [-0.25, -0.2) is 4.98 Å². The second kappa shape index (κ2) is 8.20. The molecule has 1 aromatic heterocycles. The molecule has 3 rings (SSSR count). The Morgan fingerprint density at radius 2 is 1.73 bits per heavy atom. The SMILES string of the molecule is COc1ccc(Nc2cc(C)nc(NCc3ccccc3)n2)c(OC)c1. The predicted octanol–water partition coefficient (Wildman–Crippen LogP) is 4.16. The van der Waals surface area contributed by atoms with Gasteiger partial charge in [-0.3, -0.25) is 0 Å². The van der Waals surface area contributed by atoms with Crippen LogP contribution < -0.4 is 20.1 Å². The Kier molecular flexibility index (Phi) is 5.53. The van der Waals surface area contributed by atoms with Crippen LogP contribution in [0.5, 0.6) is 11.5 Å². The van der Waals surface area contributed by atoms with Crippen LogP contribution in [-0.4, -0.2) is 24.2 Å². The monoisotopic (exact) mass is 350 g/mol. The number of benzene rings is 2. The molecule has 1 heterocycles. The topological polar surface area (TPSA) is 68.3 Å². The van der Waals surface area contributed by atoms with Crippen molar-refractivity contribution in [2.24, 2.45) is 0 Å². The highest BCUT2D eigenvalue weighted by Crippen LogP contribution is 2.31. The van der Waals surface area contributed by atoms with E-state index in [0.717, 1.165) is 17.1 Å². The predicted molar refractivity (Wildman–Crippen MR) is 103 cm³/mol. The zero-order valence-electron chi connectivity index (χ0n) is 15.1. The minimum Gasteiger partial charge on any atom is -0.497 e. The molecule has 0 amide bonds. The van der Waals surface area contributed by atoms with E-state index >= 15 is 0 Å². The van der Waals surface area contributed by atoms with E-state index in [9.17, 15) is 0 Å². The van der Waals surface area contributed by atoms with Crippen molar-refractivity contribution in [2.45, 2.75) is 13.5 Å². The van der Waals surface area contributed by atoms with Gasteiger partial charge in [0.2, 0.25) is 5.95 Å². The summed E-state index contributed by atoms with van der Waals surface area (Å²) < 4.78 is 10.7. The first kappa shape index (κ1) is 17.5. The van der Waals surface area contributed by atoms with Crippen molar-refractivity contribution in [3.63, 3.8) is 0 Å². The Labute approximate surface area is 153 Å². The van der Waals surface area contributed by atoms with Gasteiger partial charge in [0.1, 0.15) is 17.3 Å². The second-order valence-corrected chi connectivity index (χ2v) is 5.75. The van der Waals surface area contributed by atoms with Crippen molar-refractivity contribution in [1.29, 1.82) is 0 Å². The summed E-state index contributed by atoms with van der Waals surface area (Å²) in [6.45, 7) is 2.60. The molecule has 0 aliphatic rings. The minimum absolute atomic E-state index is 0.573. The molecule has 0 bridgehead atoms. The van der Waals surface area contributed by atoms with E-state index in [0.29, 0.717) is 24.1 Å². The van der Waals surface area contributed by atoms with Crippen LogP contribution in [0.1, 0.15) is 11.3 Å². The van der Waals surface area contributed by atoms with Crippen molar-refractivity contribution in [3.05, 3.63) is 65.9 Å². The minimum atomic E-state index is 0.573. The molecule has 0 unspecified atom stereocenters. The quantitative estimate of drug-likeness (QED) is 0.667. The third-order valence-corrected chi connectivity index (χ3v) is 3.82. The lowest BCUT2D eigenvalue weighted by Crippen LogP contribution is -2.06. The average molecular weight is 350 g/mol. The number of nitrogens with zero attached hydrogens (tertiary/aromatic N) is 2. The normalized spacial score (nSPS) is 10.3. The molecule has 3 aromatic rings. The first-order chi connectivity index (χ1) is 12.7. The van der Waals surface area contributed by atoms with Gasteiger partial charge in [0, 0.05) is 24.4 Å². The molecule has 0 fully saturated rings. The zero-order valence-corrected chi connectivity index (χ0v) is 15.1. The van der Waals surface area contributed by atoms with Crippen molar-refractivity contribution in [3.8, 4) is 11.5 Å². The van der Waals surface area contributed by atoms with Crippen LogP contribution in [-0.2, 0) is 6.54 Å². The van der Waals surface area contributed by atoms with E-state index < -0.39 is 0 Å². The number of methoxy groups -OCH3 is 2. The van der Waals surface area contributed by atoms with E-state index in [1.807, 2.05) is 49.4 Å². The molecule has 0 spiro atoms. The molecule has 0 saturated carbocycles. The summed E-state index contributed by atoms with van der Waals surface area (Å²) in [5.74, 6) is 2.68. The Hall–Kier alpha value is -3.28. The molecule has 2 aromatic carbocycles. The van der Waals surface area contributed by atoms with Crippen LogP contribution >= 0.6 is 0 Å². The number of anilines is 3. The van der Waals surface area contributed by atoms with Crippen LogP contribution in [0.2, 0.25) is 0 Å². The molecular formula is C20H22N4O2. The Morgan fingerprint density at radius 3 is 2.46 bits per heavy atom. The van der Waals surface area contributed by atoms with Crippen molar-refractivity contribution < 1.29 is 9.47 Å². The maximum Gasteiger partial charge on any atom is 0.225 e. The van der Waals surface area contributed by atoms with E-state index in [-0.39, 0.29) is 0 Å². The summed E-state index contributed by atoms with van der Waals surface area (Å²) in [6, 6.07) is 17.6. The largest absolute Gasteiger partial charge is 0.497 e. The van der Waals surface area contributed by atoms with Gasteiger partial charge in [-0.2, -0.15) is 4.98 Å². The van der Waals surface area contributed by atoms with Crippen LogP contribution in [0.25, 0.3) is 0 Å². The molecule has 134 valence electrons. The summed E-state index contributed by atoms with van der Waals surface area (Å²) in [5.41, 5.74) is 2.84. The van der Waals surface area contributed by atoms with Gasteiger partial charge in [0.05, 0.1) is 19.9 Å². The lowest BCUT2D eigenvalue weighted by molar-refractivity contribution is 0.395. The highest BCUT2D eigenvalue weighted by Gasteiger charge is 2.08. The number of nitrogens with one attached hydrogen (secondary N) is 2. The van der Waals surface area contributed by atoms with Gasteiger partial charge in [0.25, 0.3) is 0 Å². The van der Waals surface area contributed by atoms with Crippen LogP contribution in [0.15, 0.2) is 54.6 Å². The van der Waals surface area contributed by atoms with E-state index in [1.165, 1.54) is 5.56 Å².